The van der Waals surface area contributed by atoms with Gasteiger partial charge in [0, 0.05) is 11.1 Å². The number of aryl methyl sites for hydroxylation is 1. The first-order chi connectivity index (χ1) is 11.5. The maximum absolute atomic E-state index is 12.3. The molecule has 0 spiro atoms. The van der Waals surface area contributed by atoms with Gasteiger partial charge in [0.2, 0.25) is 5.13 Å². The minimum atomic E-state index is -0.161. The number of aromatic nitrogens is 2. The Bertz CT molecular complexity index is 853. The molecule has 1 aromatic heterocycles. The number of carbonyl (C=O) groups is 1. The number of nitrogens with zero attached hydrogens (tertiary/aromatic N) is 2. The van der Waals surface area contributed by atoms with Crippen LogP contribution in [0.15, 0.2) is 48.5 Å². The van der Waals surface area contributed by atoms with Gasteiger partial charge >= 0.3 is 0 Å². The summed E-state index contributed by atoms with van der Waals surface area (Å²) in [5.41, 5.74) is 3.88. The van der Waals surface area contributed by atoms with Gasteiger partial charge in [-0.05, 0) is 30.0 Å². The summed E-state index contributed by atoms with van der Waals surface area (Å²) in [5.74, 6) is 0.336. The highest BCUT2D eigenvalue weighted by Crippen LogP contribution is 2.28. The smallest absolute Gasteiger partial charge is 0.257 e. The average Bonchev–Trinajstić information content (AvgIpc) is 3.03. The van der Waals surface area contributed by atoms with E-state index in [0.29, 0.717) is 16.6 Å². The molecule has 0 aliphatic rings. The van der Waals surface area contributed by atoms with Crippen molar-refractivity contribution in [3.63, 3.8) is 0 Å². The Morgan fingerprint density at radius 2 is 1.75 bits per heavy atom. The zero-order valence-corrected chi connectivity index (χ0v) is 14.7. The Kier molecular flexibility index (Phi) is 4.71. The van der Waals surface area contributed by atoms with E-state index < -0.39 is 0 Å². The minimum Gasteiger partial charge on any atom is -0.296 e. The van der Waals surface area contributed by atoms with Gasteiger partial charge in [0.15, 0.2) is 0 Å². The lowest BCUT2D eigenvalue weighted by atomic mass is 10.0. The van der Waals surface area contributed by atoms with E-state index in [1.165, 1.54) is 16.9 Å². The van der Waals surface area contributed by atoms with E-state index in [1.807, 2.05) is 37.3 Å². The molecule has 1 amide bonds. The molecule has 5 heteroatoms. The second-order valence-corrected chi connectivity index (χ2v) is 6.94. The zero-order chi connectivity index (χ0) is 17.1. The Balaban J connectivity index is 1.76. The number of hydrogen-bond donors (Lipinski definition) is 1. The van der Waals surface area contributed by atoms with E-state index in [9.17, 15) is 4.79 Å². The van der Waals surface area contributed by atoms with Crippen molar-refractivity contribution in [1.82, 2.24) is 10.2 Å². The van der Waals surface area contributed by atoms with Crippen LogP contribution in [0.4, 0.5) is 5.13 Å². The van der Waals surface area contributed by atoms with Gasteiger partial charge in [-0.25, -0.2) is 0 Å². The van der Waals surface area contributed by atoms with Crippen molar-refractivity contribution in [2.45, 2.75) is 26.7 Å². The molecule has 4 nitrogen and oxygen atoms in total. The van der Waals surface area contributed by atoms with Gasteiger partial charge in [0.1, 0.15) is 5.01 Å². The van der Waals surface area contributed by atoms with Crippen molar-refractivity contribution < 1.29 is 4.79 Å². The van der Waals surface area contributed by atoms with Gasteiger partial charge in [0.05, 0.1) is 0 Å². The van der Waals surface area contributed by atoms with Gasteiger partial charge in [-0.15, -0.1) is 10.2 Å². The van der Waals surface area contributed by atoms with Crippen LogP contribution in [0.5, 0.6) is 0 Å². The Morgan fingerprint density at radius 3 is 2.42 bits per heavy atom. The van der Waals surface area contributed by atoms with E-state index >= 15 is 0 Å². The first-order valence-corrected chi connectivity index (χ1v) is 8.67. The maximum Gasteiger partial charge on any atom is 0.257 e. The molecule has 3 rings (SSSR count). The monoisotopic (exact) mass is 337 g/mol. The highest BCUT2D eigenvalue weighted by atomic mass is 32.1. The van der Waals surface area contributed by atoms with Crippen LogP contribution in [0.25, 0.3) is 10.6 Å². The molecule has 122 valence electrons. The van der Waals surface area contributed by atoms with E-state index in [4.69, 9.17) is 0 Å². The molecule has 0 saturated carbocycles. The van der Waals surface area contributed by atoms with Crippen LogP contribution in [0.2, 0.25) is 0 Å². The molecule has 0 radical (unpaired) electrons. The molecule has 3 aromatic rings. The maximum atomic E-state index is 12.3. The number of nitrogens with one attached hydrogen (secondary N) is 1. The Labute approximate surface area is 145 Å². The second-order valence-electron chi connectivity index (χ2n) is 5.96. The van der Waals surface area contributed by atoms with E-state index in [-0.39, 0.29) is 5.91 Å². The first kappa shape index (κ1) is 16.3. The summed E-state index contributed by atoms with van der Waals surface area (Å²) in [5, 5.41) is 12.4. The third-order valence-corrected chi connectivity index (χ3v) is 4.75. The predicted molar refractivity (Wildman–Crippen MR) is 98.6 cm³/mol. The summed E-state index contributed by atoms with van der Waals surface area (Å²) in [6.07, 6.45) is 0. The summed E-state index contributed by atoms with van der Waals surface area (Å²) in [6.45, 7) is 6.25. The number of amides is 1. The van der Waals surface area contributed by atoms with E-state index in [1.54, 1.807) is 6.07 Å². The number of rotatable bonds is 4. The van der Waals surface area contributed by atoms with Crippen LogP contribution in [0.3, 0.4) is 0 Å². The predicted octanol–water partition coefficient (Wildman–Crippen LogP) is 4.89. The van der Waals surface area contributed by atoms with Crippen molar-refractivity contribution >= 4 is 22.4 Å². The molecule has 2 aromatic carbocycles. The van der Waals surface area contributed by atoms with Gasteiger partial charge < -0.3 is 0 Å². The number of hydrogen-bond acceptors (Lipinski definition) is 4. The fourth-order valence-corrected chi connectivity index (χ4v) is 3.14. The number of anilines is 1. The van der Waals surface area contributed by atoms with Crippen LogP contribution in [0, 0.1) is 6.92 Å². The Morgan fingerprint density at radius 1 is 1.04 bits per heavy atom. The van der Waals surface area contributed by atoms with E-state index in [2.05, 4.69) is 41.5 Å². The lowest BCUT2D eigenvalue weighted by Crippen LogP contribution is -2.12. The average molecular weight is 337 g/mol. The molecule has 0 saturated heterocycles. The van der Waals surface area contributed by atoms with E-state index in [0.717, 1.165) is 16.1 Å². The highest BCUT2D eigenvalue weighted by Gasteiger charge is 2.13. The SMILES string of the molecule is Cc1ccccc1C(=O)Nc1nnc(-c2ccc(C(C)C)cc2)s1. The standard InChI is InChI=1S/C19H19N3OS/c1-12(2)14-8-10-15(11-9-14)18-21-22-19(24-18)20-17(23)16-7-5-4-6-13(16)3/h4-12H,1-3H3,(H,20,22,23). The number of carbonyl (C=O) groups excluding carboxylic acids is 1. The quantitative estimate of drug-likeness (QED) is 0.737. The van der Waals surface area contributed by atoms with Crippen LogP contribution in [0.1, 0.15) is 41.3 Å². The van der Waals surface area contributed by atoms with Crippen molar-refractivity contribution in [2.24, 2.45) is 0 Å². The van der Waals surface area contributed by atoms with Crippen molar-refractivity contribution in [1.29, 1.82) is 0 Å². The summed E-state index contributed by atoms with van der Waals surface area (Å²) in [4.78, 5) is 12.3. The molecule has 0 bridgehead atoms. The lowest BCUT2D eigenvalue weighted by Gasteiger charge is -2.05. The molecule has 0 fully saturated rings. The third-order valence-electron chi connectivity index (χ3n) is 3.86. The topological polar surface area (TPSA) is 54.9 Å². The summed E-state index contributed by atoms with van der Waals surface area (Å²) >= 11 is 1.37. The summed E-state index contributed by atoms with van der Waals surface area (Å²) in [7, 11) is 0. The molecule has 0 aliphatic carbocycles. The Hall–Kier alpha value is -2.53. The van der Waals surface area contributed by atoms with Gasteiger partial charge in [-0.3, -0.25) is 10.1 Å². The highest BCUT2D eigenvalue weighted by molar-refractivity contribution is 7.18. The van der Waals surface area contributed by atoms with Gasteiger partial charge in [-0.1, -0.05) is 67.6 Å². The van der Waals surface area contributed by atoms with Crippen LogP contribution < -0.4 is 5.32 Å². The van der Waals surface area contributed by atoms with Crippen molar-refractivity contribution in [2.75, 3.05) is 5.32 Å². The van der Waals surface area contributed by atoms with Crippen molar-refractivity contribution in [3.8, 4) is 10.6 Å². The zero-order valence-electron chi connectivity index (χ0n) is 13.9. The molecule has 1 heterocycles. The fraction of sp³-hybridized carbons (Fsp3) is 0.211. The minimum absolute atomic E-state index is 0.161. The molecular formula is C19H19N3OS. The first-order valence-electron chi connectivity index (χ1n) is 7.85. The molecule has 1 N–H and O–H groups in total. The van der Waals surface area contributed by atoms with Crippen LogP contribution in [-0.2, 0) is 0 Å². The largest absolute Gasteiger partial charge is 0.296 e. The van der Waals surface area contributed by atoms with Gasteiger partial charge in [0.25, 0.3) is 5.91 Å². The summed E-state index contributed by atoms with van der Waals surface area (Å²) < 4.78 is 0. The normalized spacial score (nSPS) is 10.8. The molecule has 0 unspecified atom stereocenters. The van der Waals surface area contributed by atoms with Crippen LogP contribution >= 0.6 is 11.3 Å². The molecule has 0 atom stereocenters. The lowest BCUT2D eigenvalue weighted by molar-refractivity contribution is 0.102. The number of benzene rings is 2. The van der Waals surface area contributed by atoms with Crippen molar-refractivity contribution in [3.05, 3.63) is 65.2 Å². The second kappa shape index (κ2) is 6.93. The molecule has 0 aliphatic heterocycles. The molecule has 24 heavy (non-hydrogen) atoms. The third kappa shape index (κ3) is 3.51. The van der Waals surface area contributed by atoms with Crippen LogP contribution in [-0.4, -0.2) is 16.1 Å². The van der Waals surface area contributed by atoms with Gasteiger partial charge in [-0.2, -0.15) is 0 Å². The summed E-state index contributed by atoms with van der Waals surface area (Å²) in [6, 6.07) is 15.8. The molecular weight excluding hydrogens is 318 g/mol. The fourth-order valence-electron chi connectivity index (χ4n) is 2.39.